The van der Waals surface area contributed by atoms with Crippen LogP contribution in [0.2, 0.25) is 0 Å². The molecule has 2 aromatic heterocycles. The normalized spacial score (nSPS) is 16.0. The minimum atomic E-state index is -1.11. The molecule has 4 aromatic rings. The summed E-state index contributed by atoms with van der Waals surface area (Å²) < 4.78 is 3.58. The van der Waals surface area contributed by atoms with Gasteiger partial charge in [0.1, 0.15) is 6.23 Å². The van der Waals surface area contributed by atoms with Crippen molar-refractivity contribution in [1.82, 2.24) is 19.8 Å². The monoisotopic (exact) mass is 544 g/mol. The van der Waals surface area contributed by atoms with Crippen LogP contribution in [0.5, 0.6) is 0 Å². The van der Waals surface area contributed by atoms with E-state index in [9.17, 15) is 29.7 Å². The van der Waals surface area contributed by atoms with Gasteiger partial charge < -0.3 is 29.8 Å². The lowest BCUT2D eigenvalue weighted by atomic mass is 9.95. The third-order valence-electron chi connectivity index (χ3n) is 7.40. The molecule has 10 heteroatoms. The minimum Gasteiger partial charge on any atom is -0.390 e. The van der Waals surface area contributed by atoms with Crippen LogP contribution in [-0.4, -0.2) is 60.9 Å². The number of benzene rings is 2. The summed E-state index contributed by atoms with van der Waals surface area (Å²) in [4.78, 5) is 37.4. The molecule has 3 amide bonds. The number of nitrogens with zero attached hydrogens (tertiary/aromatic N) is 2. The summed E-state index contributed by atoms with van der Waals surface area (Å²) in [5, 5.41) is 37.9. The van der Waals surface area contributed by atoms with Crippen molar-refractivity contribution in [3.05, 3.63) is 72.1 Å². The first kappa shape index (κ1) is 27.3. The van der Waals surface area contributed by atoms with E-state index in [4.69, 9.17) is 0 Å². The highest BCUT2D eigenvalue weighted by Gasteiger charge is 2.35. The molecular formula is C30H32N4O6. The number of aliphatic hydroxyl groups is 3. The maximum Gasteiger partial charge on any atom is 0.259 e. The summed E-state index contributed by atoms with van der Waals surface area (Å²) in [6, 6.07) is 15.0. The lowest BCUT2D eigenvalue weighted by Crippen LogP contribution is -2.38. The second-order valence-corrected chi connectivity index (χ2v) is 10.2. The number of imide groups is 1. The van der Waals surface area contributed by atoms with Crippen molar-refractivity contribution in [2.75, 3.05) is 6.54 Å². The summed E-state index contributed by atoms with van der Waals surface area (Å²) >= 11 is 0. The lowest BCUT2D eigenvalue weighted by Gasteiger charge is -2.19. The molecule has 0 radical (unpaired) electrons. The SMILES string of the molecule is CC(=O)NC[C@@H](O)[C@@H](O)CCCC(O)n1cc(C2=C(c3cn(C)c4ccccc34)C(=O)NC2=O)c2ccccc21. The van der Waals surface area contributed by atoms with Gasteiger partial charge in [-0.25, -0.2) is 0 Å². The van der Waals surface area contributed by atoms with Crippen LogP contribution in [0.4, 0.5) is 0 Å². The van der Waals surface area contributed by atoms with Gasteiger partial charge in [-0.15, -0.1) is 0 Å². The summed E-state index contributed by atoms with van der Waals surface area (Å²) in [5.74, 6) is -1.27. The molecule has 0 fully saturated rings. The predicted molar refractivity (Wildman–Crippen MR) is 151 cm³/mol. The Labute approximate surface area is 230 Å². The van der Waals surface area contributed by atoms with E-state index < -0.39 is 30.3 Å². The van der Waals surface area contributed by atoms with E-state index in [1.54, 1.807) is 10.8 Å². The first-order valence-corrected chi connectivity index (χ1v) is 13.2. The molecular weight excluding hydrogens is 512 g/mol. The van der Waals surface area contributed by atoms with Crippen LogP contribution >= 0.6 is 0 Å². The number of rotatable bonds is 10. The number of hydrogen-bond acceptors (Lipinski definition) is 6. The Morgan fingerprint density at radius 2 is 1.43 bits per heavy atom. The van der Waals surface area contributed by atoms with Crippen molar-refractivity contribution in [3.8, 4) is 0 Å². The number of aliphatic hydroxyl groups excluding tert-OH is 3. The number of fused-ring (bicyclic) bond motifs is 2. The van der Waals surface area contributed by atoms with E-state index >= 15 is 0 Å². The number of para-hydroxylation sites is 2. The summed E-state index contributed by atoms with van der Waals surface area (Å²) in [6.45, 7) is 1.27. The third-order valence-corrected chi connectivity index (χ3v) is 7.40. The van der Waals surface area contributed by atoms with Gasteiger partial charge in [0.15, 0.2) is 0 Å². The number of aromatic nitrogens is 2. The molecule has 0 saturated heterocycles. The molecule has 1 unspecified atom stereocenters. The molecule has 2 aromatic carbocycles. The predicted octanol–water partition coefficient (Wildman–Crippen LogP) is 2.22. The van der Waals surface area contributed by atoms with E-state index in [0.717, 1.165) is 10.9 Å². The fourth-order valence-corrected chi connectivity index (χ4v) is 5.39. The fourth-order valence-electron chi connectivity index (χ4n) is 5.39. The number of carbonyl (C=O) groups is 3. The van der Waals surface area contributed by atoms with Crippen molar-refractivity contribution in [1.29, 1.82) is 0 Å². The molecule has 3 atom stereocenters. The molecule has 0 bridgehead atoms. The Morgan fingerprint density at radius 3 is 2.08 bits per heavy atom. The molecule has 5 rings (SSSR count). The molecule has 40 heavy (non-hydrogen) atoms. The largest absolute Gasteiger partial charge is 0.390 e. The van der Waals surface area contributed by atoms with Crippen molar-refractivity contribution in [2.24, 2.45) is 7.05 Å². The molecule has 5 N–H and O–H groups in total. The van der Waals surface area contributed by atoms with E-state index in [-0.39, 0.29) is 36.4 Å². The topological polar surface area (TPSA) is 146 Å². The molecule has 0 spiro atoms. The maximum atomic E-state index is 13.2. The van der Waals surface area contributed by atoms with Gasteiger partial charge in [-0.2, -0.15) is 0 Å². The first-order valence-electron chi connectivity index (χ1n) is 13.2. The molecule has 1 aliphatic rings. The van der Waals surface area contributed by atoms with E-state index in [2.05, 4.69) is 10.6 Å². The number of hydrogen-bond donors (Lipinski definition) is 5. The van der Waals surface area contributed by atoms with Crippen LogP contribution in [0.15, 0.2) is 60.9 Å². The highest BCUT2D eigenvalue weighted by atomic mass is 16.3. The Bertz CT molecular complexity index is 1650. The fraction of sp³-hybridized carbons (Fsp3) is 0.300. The second kappa shape index (κ2) is 11.1. The Hall–Kier alpha value is -4.25. The number of amides is 3. The Kier molecular flexibility index (Phi) is 7.57. The van der Waals surface area contributed by atoms with Gasteiger partial charge in [-0.3, -0.25) is 19.7 Å². The summed E-state index contributed by atoms with van der Waals surface area (Å²) in [6.07, 6.45) is 1.26. The van der Waals surface area contributed by atoms with Crippen molar-refractivity contribution in [2.45, 2.75) is 44.6 Å². The van der Waals surface area contributed by atoms with Gasteiger partial charge in [0, 0.05) is 60.3 Å². The zero-order valence-electron chi connectivity index (χ0n) is 22.3. The zero-order valence-corrected chi connectivity index (χ0v) is 22.3. The van der Waals surface area contributed by atoms with Crippen LogP contribution in [0.25, 0.3) is 33.0 Å². The van der Waals surface area contributed by atoms with Gasteiger partial charge in [0.2, 0.25) is 5.91 Å². The van der Waals surface area contributed by atoms with E-state index in [0.29, 0.717) is 28.5 Å². The van der Waals surface area contributed by atoms with Crippen LogP contribution in [0, 0.1) is 0 Å². The number of nitrogens with one attached hydrogen (secondary N) is 2. The molecule has 0 saturated carbocycles. The Balaban J connectivity index is 1.48. The average Bonchev–Trinajstić information content (AvgIpc) is 3.57. The average molecular weight is 545 g/mol. The van der Waals surface area contributed by atoms with Crippen molar-refractivity contribution >= 4 is 50.7 Å². The van der Waals surface area contributed by atoms with Crippen molar-refractivity contribution < 1.29 is 29.7 Å². The van der Waals surface area contributed by atoms with Gasteiger partial charge in [-0.05, 0) is 31.4 Å². The number of carbonyl (C=O) groups excluding carboxylic acids is 3. The van der Waals surface area contributed by atoms with Gasteiger partial charge in [-0.1, -0.05) is 36.4 Å². The van der Waals surface area contributed by atoms with Gasteiger partial charge >= 0.3 is 0 Å². The quantitative estimate of drug-likeness (QED) is 0.194. The Morgan fingerprint density at radius 1 is 0.850 bits per heavy atom. The molecule has 208 valence electrons. The smallest absolute Gasteiger partial charge is 0.259 e. The number of aryl methyl sites for hydroxylation is 1. The summed E-state index contributed by atoms with van der Waals surface area (Å²) in [5.41, 5.74) is 3.34. The molecule has 3 heterocycles. The minimum absolute atomic E-state index is 0.0560. The van der Waals surface area contributed by atoms with Crippen molar-refractivity contribution in [3.63, 3.8) is 0 Å². The lowest BCUT2D eigenvalue weighted by molar-refractivity contribution is -0.123. The highest BCUT2D eigenvalue weighted by Crippen LogP contribution is 2.39. The second-order valence-electron chi connectivity index (χ2n) is 10.2. The standard InChI is InChI=1S/C30H32N4O6/c1-17(35)31-14-25(37)24(36)12-7-13-26(38)34-16-21(19-9-4-6-11-23(19)34)28-27(29(39)32-30(28)40)20-15-33(2)22-10-5-3-8-18(20)22/h3-6,8-11,15-16,24-26,36-38H,7,12-14H2,1-2H3,(H,31,35)(H,32,39,40)/t24-,25+,26?/m0/s1. The molecule has 1 aliphatic heterocycles. The first-order chi connectivity index (χ1) is 19.2. The summed E-state index contributed by atoms with van der Waals surface area (Å²) in [7, 11) is 1.89. The van der Waals surface area contributed by atoms with E-state index in [1.807, 2.05) is 66.3 Å². The van der Waals surface area contributed by atoms with Crippen LogP contribution in [0.1, 0.15) is 43.5 Å². The van der Waals surface area contributed by atoms with Crippen LogP contribution in [-0.2, 0) is 21.4 Å². The van der Waals surface area contributed by atoms with Gasteiger partial charge in [0.25, 0.3) is 11.8 Å². The van der Waals surface area contributed by atoms with E-state index in [1.165, 1.54) is 6.92 Å². The van der Waals surface area contributed by atoms with Crippen LogP contribution in [0.3, 0.4) is 0 Å². The molecule has 10 nitrogen and oxygen atoms in total. The highest BCUT2D eigenvalue weighted by molar-refractivity contribution is 6.50. The third kappa shape index (κ3) is 5.04. The van der Waals surface area contributed by atoms with Crippen LogP contribution < -0.4 is 10.6 Å². The zero-order chi connectivity index (χ0) is 28.6. The molecule has 0 aliphatic carbocycles. The van der Waals surface area contributed by atoms with Gasteiger partial charge in [0.05, 0.1) is 28.9 Å². The maximum absolute atomic E-state index is 13.2.